The Morgan fingerprint density at radius 1 is 1.00 bits per heavy atom. The Balaban J connectivity index is 2.08. The summed E-state index contributed by atoms with van der Waals surface area (Å²) in [6.45, 7) is 12.8. The molecule has 1 aromatic carbocycles. The lowest BCUT2D eigenvalue weighted by Crippen LogP contribution is -1.95. The van der Waals surface area contributed by atoms with Gasteiger partial charge < -0.3 is 0 Å². The molecule has 0 aliphatic carbocycles. The molecule has 1 aromatic rings. The molecule has 0 amide bonds. The van der Waals surface area contributed by atoms with Crippen LogP contribution in [-0.2, 0) is 6.42 Å². The SMILES string of the molecule is C=C(/C=C\C(=C)C(C)CCC)CCCCCCc1ccccc1. The molecule has 0 spiro atoms. The summed E-state index contributed by atoms with van der Waals surface area (Å²) in [7, 11) is 0. The van der Waals surface area contributed by atoms with Gasteiger partial charge in [-0.3, -0.25) is 0 Å². The zero-order chi connectivity index (χ0) is 16.9. The summed E-state index contributed by atoms with van der Waals surface area (Å²) < 4.78 is 0. The number of hydrogen-bond acceptors (Lipinski definition) is 0. The molecule has 0 aliphatic rings. The molecule has 0 N–H and O–H groups in total. The Hall–Kier alpha value is -1.56. The van der Waals surface area contributed by atoms with E-state index in [1.165, 1.54) is 61.7 Å². The lowest BCUT2D eigenvalue weighted by atomic mass is 9.96. The van der Waals surface area contributed by atoms with Gasteiger partial charge in [-0.1, -0.05) is 99.9 Å². The molecule has 0 aliphatic heterocycles. The number of aryl methyl sites for hydroxylation is 1. The Bertz CT molecular complexity index is 478. The van der Waals surface area contributed by atoms with E-state index in [1.807, 2.05) is 0 Å². The van der Waals surface area contributed by atoms with Crippen LogP contribution in [0.25, 0.3) is 0 Å². The van der Waals surface area contributed by atoms with Crippen LogP contribution in [0.1, 0.15) is 64.4 Å². The van der Waals surface area contributed by atoms with Gasteiger partial charge in [-0.15, -0.1) is 0 Å². The Labute approximate surface area is 144 Å². The molecule has 0 bridgehead atoms. The molecule has 23 heavy (non-hydrogen) atoms. The molecule has 0 heteroatoms. The second-order valence-corrected chi connectivity index (χ2v) is 6.66. The molecule has 1 rings (SSSR count). The van der Waals surface area contributed by atoms with E-state index in [2.05, 4.69) is 69.5 Å². The molecule has 0 nitrogen and oxygen atoms in total. The molecule has 0 saturated heterocycles. The van der Waals surface area contributed by atoms with E-state index >= 15 is 0 Å². The number of rotatable bonds is 12. The standard InChI is InChI=1S/C23H34/c1-5-13-21(3)22(4)19-18-20(2)14-9-6-7-10-15-23-16-11-8-12-17-23/h8,11-12,16-19,21H,2,4-7,9-10,13-15H2,1,3H3/b19-18-. The summed E-state index contributed by atoms with van der Waals surface area (Å²) in [4.78, 5) is 0. The average molecular weight is 311 g/mol. The Morgan fingerprint density at radius 3 is 2.39 bits per heavy atom. The summed E-state index contributed by atoms with van der Waals surface area (Å²) in [5, 5.41) is 0. The highest BCUT2D eigenvalue weighted by Gasteiger charge is 2.02. The zero-order valence-corrected chi connectivity index (χ0v) is 15.2. The van der Waals surface area contributed by atoms with E-state index < -0.39 is 0 Å². The summed E-state index contributed by atoms with van der Waals surface area (Å²) >= 11 is 0. The second kappa shape index (κ2) is 11.9. The summed E-state index contributed by atoms with van der Waals surface area (Å²) in [5.74, 6) is 0.585. The zero-order valence-electron chi connectivity index (χ0n) is 15.2. The fraction of sp³-hybridized carbons (Fsp3) is 0.478. The fourth-order valence-corrected chi connectivity index (χ4v) is 2.77. The van der Waals surface area contributed by atoms with Gasteiger partial charge in [0.25, 0.3) is 0 Å². The molecular formula is C23H34. The van der Waals surface area contributed by atoms with Crippen LogP contribution in [0.15, 0.2) is 66.8 Å². The number of benzene rings is 1. The van der Waals surface area contributed by atoms with Gasteiger partial charge in [-0.2, -0.15) is 0 Å². The van der Waals surface area contributed by atoms with Crippen molar-refractivity contribution in [2.45, 2.75) is 65.2 Å². The van der Waals surface area contributed by atoms with E-state index in [1.54, 1.807) is 0 Å². The molecule has 1 atom stereocenters. The predicted octanol–water partition coefficient (Wildman–Crippen LogP) is 7.28. The van der Waals surface area contributed by atoms with Gasteiger partial charge in [0.2, 0.25) is 0 Å². The van der Waals surface area contributed by atoms with Crippen LogP contribution in [0.4, 0.5) is 0 Å². The van der Waals surface area contributed by atoms with Crippen molar-refractivity contribution in [2.24, 2.45) is 5.92 Å². The van der Waals surface area contributed by atoms with E-state index in [0.717, 1.165) is 6.42 Å². The largest absolute Gasteiger partial charge is 0.0958 e. The maximum atomic E-state index is 4.17. The van der Waals surface area contributed by atoms with Crippen LogP contribution in [0, 0.1) is 5.92 Å². The maximum Gasteiger partial charge on any atom is -0.0196 e. The van der Waals surface area contributed by atoms with E-state index in [4.69, 9.17) is 0 Å². The minimum absolute atomic E-state index is 0.585. The lowest BCUT2D eigenvalue weighted by molar-refractivity contribution is 0.614. The molecule has 0 heterocycles. The minimum Gasteiger partial charge on any atom is -0.0958 e. The molecule has 0 saturated carbocycles. The highest BCUT2D eigenvalue weighted by atomic mass is 14.1. The first-order valence-corrected chi connectivity index (χ1v) is 9.22. The van der Waals surface area contributed by atoms with E-state index in [0.29, 0.717) is 5.92 Å². The highest BCUT2D eigenvalue weighted by molar-refractivity contribution is 5.25. The first kappa shape index (κ1) is 19.5. The molecule has 126 valence electrons. The third-order valence-corrected chi connectivity index (χ3v) is 4.44. The van der Waals surface area contributed by atoms with Gasteiger partial charge in [0.15, 0.2) is 0 Å². The van der Waals surface area contributed by atoms with Crippen molar-refractivity contribution >= 4 is 0 Å². The number of unbranched alkanes of at least 4 members (excludes halogenated alkanes) is 3. The van der Waals surface area contributed by atoms with Gasteiger partial charge in [0.05, 0.1) is 0 Å². The number of hydrogen-bond donors (Lipinski definition) is 0. The van der Waals surface area contributed by atoms with Crippen molar-refractivity contribution in [3.63, 3.8) is 0 Å². The van der Waals surface area contributed by atoms with E-state index in [-0.39, 0.29) is 0 Å². The molecular weight excluding hydrogens is 276 g/mol. The van der Waals surface area contributed by atoms with Gasteiger partial charge in [-0.05, 0) is 43.6 Å². The normalized spacial score (nSPS) is 12.4. The Kier molecular flexibility index (Phi) is 10.1. The molecule has 0 aromatic heterocycles. The van der Waals surface area contributed by atoms with Crippen LogP contribution in [0.3, 0.4) is 0 Å². The van der Waals surface area contributed by atoms with Gasteiger partial charge in [0.1, 0.15) is 0 Å². The first-order chi connectivity index (χ1) is 11.1. The smallest absolute Gasteiger partial charge is 0.0196 e. The van der Waals surface area contributed by atoms with Crippen LogP contribution in [0.2, 0.25) is 0 Å². The van der Waals surface area contributed by atoms with Crippen LogP contribution in [-0.4, -0.2) is 0 Å². The van der Waals surface area contributed by atoms with Crippen molar-refractivity contribution in [1.82, 2.24) is 0 Å². The first-order valence-electron chi connectivity index (χ1n) is 9.22. The Morgan fingerprint density at radius 2 is 1.70 bits per heavy atom. The van der Waals surface area contributed by atoms with Crippen molar-refractivity contribution in [3.05, 3.63) is 72.4 Å². The predicted molar refractivity (Wildman–Crippen MR) is 105 cm³/mol. The van der Waals surface area contributed by atoms with Gasteiger partial charge >= 0.3 is 0 Å². The van der Waals surface area contributed by atoms with Crippen LogP contribution < -0.4 is 0 Å². The monoisotopic (exact) mass is 310 g/mol. The molecule has 1 unspecified atom stereocenters. The lowest BCUT2D eigenvalue weighted by Gasteiger charge is -2.09. The topological polar surface area (TPSA) is 0 Å². The van der Waals surface area contributed by atoms with E-state index in [9.17, 15) is 0 Å². The summed E-state index contributed by atoms with van der Waals surface area (Å²) in [5.41, 5.74) is 3.92. The highest BCUT2D eigenvalue weighted by Crippen LogP contribution is 2.17. The van der Waals surface area contributed by atoms with Crippen LogP contribution in [0.5, 0.6) is 0 Å². The quantitative estimate of drug-likeness (QED) is 0.281. The van der Waals surface area contributed by atoms with Crippen molar-refractivity contribution in [3.8, 4) is 0 Å². The minimum atomic E-state index is 0.585. The third kappa shape index (κ3) is 9.23. The van der Waals surface area contributed by atoms with Gasteiger partial charge in [0, 0.05) is 0 Å². The van der Waals surface area contributed by atoms with Gasteiger partial charge in [-0.25, -0.2) is 0 Å². The van der Waals surface area contributed by atoms with Crippen molar-refractivity contribution in [2.75, 3.05) is 0 Å². The fourth-order valence-electron chi connectivity index (χ4n) is 2.77. The molecule has 0 fully saturated rings. The van der Waals surface area contributed by atoms with Crippen molar-refractivity contribution in [1.29, 1.82) is 0 Å². The molecule has 0 radical (unpaired) electrons. The maximum absolute atomic E-state index is 4.17. The van der Waals surface area contributed by atoms with Crippen molar-refractivity contribution < 1.29 is 0 Å². The third-order valence-electron chi connectivity index (χ3n) is 4.44. The summed E-state index contributed by atoms with van der Waals surface area (Å²) in [6.07, 6.45) is 14.2. The van der Waals surface area contributed by atoms with Crippen LogP contribution >= 0.6 is 0 Å². The second-order valence-electron chi connectivity index (χ2n) is 6.66. The number of allylic oxidation sites excluding steroid dienone is 4. The average Bonchev–Trinajstić information content (AvgIpc) is 2.57. The summed E-state index contributed by atoms with van der Waals surface area (Å²) in [6, 6.07) is 10.8.